The number of halogens is 2. The molecule has 114 valence electrons. The van der Waals surface area contributed by atoms with E-state index < -0.39 is 0 Å². The fraction of sp³-hybridized carbons (Fsp3) is 0.600. The summed E-state index contributed by atoms with van der Waals surface area (Å²) in [5.41, 5.74) is 1.24. The Labute approximate surface area is 139 Å². The van der Waals surface area contributed by atoms with E-state index in [2.05, 4.69) is 68.1 Å². The molecule has 1 aromatic rings. The van der Waals surface area contributed by atoms with Crippen LogP contribution >= 0.6 is 31.9 Å². The molecule has 0 radical (unpaired) electrons. The molecule has 20 heavy (non-hydrogen) atoms. The van der Waals surface area contributed by atoms with E-state index in [1.54, 1.807) is 7.11 Å². The number of hydrogen-bond donors (Lipinski definition) is 1. The molecule has 0 spiro atoms. The van der Waals surface area contributed by atoms with Gasteiger partial charge in [0.2, 0.25) is 0 Å². The van der Waals surface area contributed by atoms with Crippen molar-refractivity contribution in [1.82, 2.24) is 10.2 Å². The fourth-order valence-corrected chi connectivity index (χ4v) is 3.71. The van der Waals surface area contributed by atoms with Gasteiger partial charge in [-0.15, -0.1) is 0 Å². The van der Waals surface area contributed by atoms with Crippen molar-refractivity contribution < 1.29 is 4.74 Å². The van der Waals surface area contributed by atoms with Gasteiger partial charge in [-0.3, -0.25) is 0 Å². The second-order valence-electron chi connectivity index (χ2n) is 4.65. The number of methoxy groups -OCH3 is 1. The first-order chi connectivity index (χ1) is 9.62. The van der Waals surface area contributed by atoms with Crippen LogP contribution in [0.5, 0.6) is 5.75 Å². The molecule has 0 heterocycles. The Kier molecular flexibility index (Phi) is 8.77. The maximum absolute atomic E-state index is 5.31. The average molecular weight is 408 g/mol. The number of benzene rings is 1. The standard InChI is InChI=1S/C15H24Br2N2O/c1-4-19(5-2)8-6-7-18-11-12-9-13(16)15(20-3)14(17)10-12/h9-10,18H,4-8,11H2,1-3H3. The van der Waals surface area contributed by atoms with E-state index >= 15 is 0 Å². The molecular formula is C15H24Br2N2O. The van der Waals surface area contributed by atoms with Gasteiger partial charge in [-0.2, -0.15) is 0 Å². The maximum atomic E-state index is 5.31. The summed E-state index contributed by atoms with van der Waals surface area (Å²) in [6.07, 6.45) is 1.18. The summed E-state index contributed by atoms with van der Waals surface area (Å²) in [6, 6.07) is 4.20. The molecule has 0 fully saturated rings. The van der Waals surface area contributed by atoms with Gasteiger partial charge in [0, 0.05) is 6.54 Å². The smallest absolute Gasteiger partial charge is 0.147 e. The first kappa shape index (κ1) is 18.0. The fourth-order valence-electron chi connectivity index (χ4n) is 2.11. The normalized spacial score (nSPS) is 11.1. The van der Waals surface area contributed by atoms with Crippen molar-refractivity contribution in [2.24, 2.45) is 0 Å². The van der Waals surface area contributed by atoms with Crippen molar-refractivity contribution in [2.45, 2.75) is 26.8 Å². The predicted molar refractivity (Wildman–Crippen MR) is 92.5 cm³/mol. The van der Waals surface area contributed by atoms with Gasteiger partial charge in [0.15, 0.2) is 0 Å². The Balaban J connectivity index is 2.36. The Morgan fingerprint density at radius 2 is 1.75 bits per heavy atom. The van der Waals surface area contributed by atoms with Crippen molar-refractivity contribution in [3.05, 3.63) is 26.6 Å². The lowest BCUT2D eigenvalue weighted by molar-refractivity contribution is 0.298. The minimum absolute atomic E-state index is 0.843. The molecule has 1 aromatic carbocycles. The summed E-state index contributed by atoms with van der Waals surface area (Å²) >= 11 is 7.06. The largest absolute Gasteiger partial charge is 0.494 e. The minimum atomic E-state index is 0.843. The van der Waals surface area contributed by atoms with Crippen molar-refractivity contribution >= 4 is 31.9 Å². The van der Waals surface area contributed by atoms with E-state index in [0.717, 1.165) is 47.4 Å². The Morgan fingerprint density at radius 3 is 2.25 bits per heavy atom. The molecule has 0 aliphatic rings. The van der Waals surface area contributed by atoms with E-state index in [4.69, 9.17) is 4.74 Å². The molecular weight excluding hydrogens is 384 g/mol. The highest BCUT2D eigenvalue weighted by atomic mass is 79.9. The lowest BCUT2D eigenvalue weighted by atomic mass is 10.2. The highest BCUT2D eigenvalue weighted by molar-refractivity contribution is 9.11. The SMILES string of the molecule is CCN(CC)CCCNCc1cc(Br)c(OC)c(Br)c1. The quantitative estimate of drug-likeness (QED) is 0.625. The van der Waals surface area contributed by atoms with Crippen LogP contribution in [0.1, 0.15) is 25.8 Å². The van der Waals surface area contributed by atoms with Crippen molar-refractivity contribution in [3.8, 4) is 5.75 Å². The maximum Gasteiger partial charge on any atom is 0.147 e. The van der Waals surface area contributed by atoms with E-state index in [-0.39, 0.29) is 0 Å². The highest BCUT2D eigenvalue weighted by Crippen LogP contribution is 2.34. The van der Waals surface area contributed by atoms with E-state index in [9.17, 15) is 0 Å². The van der Waals surface area contributed by atoms with Gasteiger partial charge >= 0.3 is 0 Å². The van der Waals surface area contributed by atoms with Gasteiger partial charge in [0.05, 0.1) is 16.1 Å². The number of nitrogens with zero attached hydrogens (tertiary/aromatic N) is 1. The van der Waals surface area contributed by atoms with E-state index in [0.29, 0.717) is 0 Å². The van der Waals surface area contributed by atoms with Gasteiger partial charge in [0.1, 0.15) is 5.75 Å². The zero-order valence-corrected chi connectivity index (χ0v) is 15.7. The molecule has 0 aliphatic carbocycles. The lowest BCUT2D eigenvalue weighted by Gasteiger charge is -2.17. The highest BCUT2D eigenvalue weighted by Gasteiger charge is 2.07. The van der Waals surface area contributed by atoms with Crippen molar-refractivity contribution in [2.75, 3.05) is 33.3 Å². The van der Waals surface area contributed by atoms with Gasteiger partial charge in [-0.25, -0.2) is 0 Å². The summed E-state index contributed by atoms with van der Waals surface area (Å²) < 4.78 is 7.27. The van der Waals surface area contributed by atoms with Crippen molar-refractivity contribution in [3.63, 3.8) is 0 Å². The third-order valence-electron chi connectivity index (χ3n) is 3.31. The molecule has 0 saturated carbocycles. The van der Waals surface area contributed by atoms with Gasteiger partial charge < -0.3 is 15.0 Å². The summed E-state index contributed by atoms with van der Waals surface area (Å²) in [7, 11) is 1.68. The molecule has 0 unspecified atom stereocenters. The Bertz CT molecular complexity index is 386. The summed E-state index contributed by atoms with van der Waals surface area (Å²) in [5.74, 6) is 0.843. The molecule has 0 aromatic heterocycles. The Hall–Kier alpha value is -0.100. The van der Waals surface area contributed by atoms with Crippen LogP contribution in [0.25, 0.3) is 0 Å². The number of nitrogens with one attached hydrogen (secondary N) is 1. The minimum Gasteiger partial charge on any atom is -0.494 e. The topological polar surface area (TPSA) is 24.5 Å². The third-order valence-corrected chi connectivity index (χ3v) is 4.49. The molecule has 5 heteroatoms. The average Bonchev–Trinajstić information content (AvgIpc) is 2.42. The van der Waals surface area contributed by atoms with Crippen LogP contribution in [-0.2, 0) is 6.54 Å². The molecule has 1 rings (SSSR count). The molecule has 0 bridgehead atoms. The van der Waals surface area contributed by atoms with Crippen LogP contribution in [-0.4, -0.2) is 38.2 Å². The molecule has 0 atom stereocenters. The molecule has 0 amide bonds. The van der Waals surface area contributed by atoms with Crippen LogP contribution in [0.15, 0.2) is 21.1 Å². The first-order valence-corrected chi connectivity index (χ1v) is 8.65. The van der Waals surface area contributed by atoms with Crippen LogP contribution in [0.3, 0.4) is 0 Å². The van der Waals surface area contributed by atoms with Crippen molar-refractivity contribution in [1.29, 1.82) is 0 Å². The van der Waals surface area contributed by atoms with Gasteiger partial charge in [-0.1, -0.05) is 13.8 Å². The summed E-state index contributed by atoms with van der Waals surface area (Å²) in [6.45, 7) is 9.77. The third kappa shape index (κ3) is 5.72. The van der Waals surface area contributed by atoms with Crippen LogP contribution in [0, 0.1) is 0 Å². The second kappa shape index (κ2) is 9.77. The number of rotatable bonds is 9. The summed E-state index contributed by atoms with van der Waals surface area (Å²) in [4.78, 5) is 2.45. The van der Waals surface area contributed by atoms with Gasteiger partial charge in [-0.05, 0) is 82.2 Å². The molecule has 1 N–H and O–H groups in total. The molecule has 0 saturated heterocycles. The zero-order valence-electron chi connectivity index (χ0n) is 12.5. The molecule has 0 aliphatic heterocycles. The second-order valence-corrected chi connectivity index (χ2v) is 6.36. The van der Waals surface area contributed by atoms with E-state index in [1.165, 1.54) is 12.0 Å². The van der Waals surface area contributed by atoms with E-state index in [1.807, 2.05) is 0 Å². The van der Waals surface area contributed by atoms with Crippen LogP contribution < -0.4 is 10.1 Å². The number of ether oxygens (including phenoxy) is 1. The van der Waals surface area contributed by atoms with Gasteiger partial charge in [0.25, 0.3) is 0 Å². The van der Waals surface area contributed by atoms with Crippen LogP contribution in [0.4, 0.5) is 0 Å². The number of hydrogen-bond acceptors (Lipinski definition) is 3. The first-order valence-electron chi connectivity index (χ1n) is 7.07. The lowest BCUT2D eigenvalue weighted by Crippen LogP contribution is -2.27. The van der Waals surface area contributed by atoms with Crippen LogP contribution in [0.2, 0.25) is 0 Å². The Morgan fingerprint density at radius 1 is 1.15 bits per heavy atom. The monoisotopic (exact) mass is 406 g/mol. The summed E-state index contributed by atoms with van der Waals surface area (Å²) in [5, 5.41) is 3.49. The predicted octanol–water partition coefficient (Wildman–Crippen LogP) is 4.04. The molecule has 3 nitrogen and oxygen atoms in total. The zero-order chi connectivity index (χ0) is 15.0.